The SMILES string of the molecule is CC1(N2CCCNC2=O)CCCOC1. The molecule has 1 N–H and O–H groups in total. The van der Waals surface area contributed by atoms with Gasteiger partial charge < -0.3 is 15.0 Å². The monoisotopic (exact) mass is 198 g/mol. The molecule has 1 atom stereocenters. The highest BCUT2D eigenvalue weighted by molar-refractivity contribution is 5.75. The Balaban J connectivity index is 2.06. The fourth-order valence-electron chi connectivity index (χ4n) is 2.28. The van der Waals surface area contributed by atoms with Gasteiger partial charge in [-0.25, -0.2) is 4.79 Å². The van der Waals surface area contributed by atoms with Crippen molar-refractivity contribution in [3.63, 3.8) is 0 Å². The quantitative estimate of drug-likeness (QED) is 0.682. The zero-order valence-electron chi connectivity index (χ0n) is 8.71. The molecule has 0 bridgehead atoms. The Labute approximate surface area is 84.6 Å². The summed E-state index contributed by atoms with van der Waals surface area (Å²) in [6.07, 6.45) is 3.15. The lowest BCUT2D eigenvalue weighted by atomic mass is 9.92. The Hall–Kier alpha value is -0.770. The maximum atomic E-state index is 11.7. The second-order valence-corrected chi connectivity index (χ2v) is 4.39. The van der Waals surface area contributed by atoms with Gasteiger partial charge in [0.15, 0.2) is 0 Å². The second-order valence-electron chi connectivity index (χ2n) is 4.39. The van der Waals surface area contributed by atoms with Crippen molar-refractivity contribution in [2.24, 2.45) is 0 Å². The molecule has 0 aliphatic carbocycles. The van der Waals surface area contributed by atoms with E-state index in [0.29, 0.717) is 6.61 Å². The van der Waals surface area contributed by atoms with Crippen molar-refractivity contribution in [2.75, 3.05) is 26.3 Å². The van der Waals surface area contributed by atoms with Gasteiger partial charge in [-0.2, -0.15) is 0 Å². The number of rotatable bonds is 1. The van der Waals surface area contributed by atoms with E-state index in [2.05, 4.69) is 12.2 Å². The van der Waals surface area contributed by atoms with Gasteiger partial charge >= 0.3 is 6.03 Å². The van der Waals surface area contributed by atoms with Crippen molar-refractivity contribution in [3.8, 4) is 0 Å². The Morgan fingerprint density at radius 1 is 1.50 bits per heavy atom. The fraction of sp³-hybridized carbons (Fsp3) is 0.900. The van der Waals surface area contributed by atoms with Crippen LogP contribution in [0.5, 0.6) is 0 Å². The molecule has 0 radical (unpaired) electrons. The van der Waals surface area contributed by atoms with E-state index in [0.717, 1.165) is 39.0 Å². The van der Waals surface area contributed by atoms with Gasteiger partial charge in [0.2, 0.25) is 0 Å². The largest absolute Gasteiger partial charge is 0.379 e. The average Bonchev–Trinajstić information content (AvgIpc) is 2.19. The summed E-state index contributed by atoms with van der Waals surface area (Å²) in [4.78, 5) is 13.6. The summed E-state index contributed by atoms with van der Waals surface area (Å²) in [5.74, 6) is 0. The molecule has 80 valence electrons. The van der Waals surface area contributed by atoms with Gasteiger partial charge in [-0.1, -0.05) is 0 Å². The number of urea groups is 1. The molecule has 2 heterocycles. The average molecular weight is 198 g/mol. The first-order valence-corrected chi connectivity index (χ1v) is 5.36. The molecule has 4 heteroatoms. The number of amides is 2. The van der Waals surface area contributed by atoms with E-state index in [9.17, 15) is 4.79 Å². The molecule has 4 nitrogen and oxygen atoms in total. The summed E-state index contributed by atoms with van der Waals surface area (Å²) >= 11 is 0. The van der Waals surface area contributed by atoms with Crippen LogP contribution in [0.4, 0.5) is 4.79 Å². The topological polar surface area (TPSA) is 41.6 Å². The van der Waals surface area contributed by atoms with E-state index in [1.165, 1.54) is 0 Å². The predicted octanol–water partition coefficient (Wildman–Crippen LogP) is 0.971. The van der Waals surface area contributed by atoms with Gasteiger partial charge in [-0.05, 0) is 26.2 Å². The van der Waals surface area contributed by atoms with Crippen molar-refractivity contribution in [1.29, 1.82) is 0 Å². The Morgan fingerprint density at radius 2 is 2.36 bits per heavy atom. The molecule has 0 aromatic rings. The number of hydrogen-bond acceptors (Lipinski definition) is 2. The van der Waals surface area contributed by atoms with Gasteiger partial charge in [0.1, 0.15) is 0 Å². The van der Waals surface area contributed by atoms with Crippen LogP contribution < -0.4 is 5.32 Å². The summed E-state index contributed by atoms with van der Waals surface area (Å²) in [6.45, 7) is 5.32. The van der Waals surface area contributed by atoms with Crippen molar-refractivity contribution < 1.29 is 9.53 Å². The molecule has 0 saturated carbocycles. The lowest BCUT2D eigenvalue weighted by molar-refractivity contribution is -0.0249. The van der Waals surface area contributed by atoms with Crippen molar-refractivity contribution in [3.05, 3.63) is 0 Å². The van der Waals surface area contributed by atoms with Crippen LogP contribution in [0.3, 0.4) is 0 Å². The van der Waals surface area contributed by atoms with Crippen molar-refractivity contribution >= 4 is 6.03 Å². The molecule has 0 aromatic carbocycles. The zero-order chi connectivity index (χ0) is 10.0. The first-order valence-electron chi connectivity index (χ1n) is 5.36. The summed E-state index contributed by atoms with van der Waals surface area (Å²) in [7, 11) is 0. The minimum Gasteiger partial charge on any atom is -0.379 e. The molecule has 2 fully saturated rings. The van der Waals surface area contributed by atoms with E-state index in [1.54, 1.807) is 0 Å². The normalized spacial score (nSPS) is 34.1. The van der Waals surface area contributed by atoms with Gasteiger partial charge in [0, 0.05) is 19.7 Å². The second kappa shape index (κ2) is 3.77. The number of nitrogens with zero attached hydrogens (tertiary/aromatic N) is 1. The summed E-state index contributed by atoms with van der Waals surface area (Å²) < 4.78 is 5.46. The Kier molecular flexibility index (Phi) is 2.63. The Bertz CT molecular complexity index is 224. The lowest BCUT2D eigenvalue weighted by Gasteiger charge is -2.45. The zero-order valence-corrected chi connectivity index (χ0v) is 8.71. The molecular formula is C10H18N2O2. The molecule has 2 amide bonds. The van der Waals surface area contributed by atoms with E-state index in [4.69, 9.17) is 4.74 Å². The van der Waals surface area contributed by atoms with E-state index in [-0.39, 0.29) is 11.6 Å². The molecule has 0 spiro atoms. The molecule has 2 aliphatic heterocycles. The van der Waals surface area contributed by atoms with Crippen molar-refractivity contribution in [1.82, 2.24) is 10.2 Å². The van der Waals surface area contributed by atoms with Gasteiger partial charge in [-0.15, -0.1) is 0 Å². The highest BCUT2D eigenvalue weighted by Gasteiger charge is 2.38. The summed E-state index contributed by atoms with van der Waals surface area (Å²) in [6, 6.07) is 0.0734. The molecule has 14 heavy (non-hydrogen) atoms. The molecule has 1 unspecified atom stereocenters. The van der Waals surface area contributed by atoms with Crippen molar-refractivity contribution in [2.45, 2.75) is 31.7 Å². The third-order valence-corrected chi connectivity index (χ3v) is 3.15. The first-order chi connectivity index (χ1) is 6.72. The van der Waals surface area contributed by atoms with Crippen LogP contribution in [-0.2, 0) is 4.74 Å². The van der Waals surface area contributed by atoms with Gasteiger partial charge in [0.05, 0.1) is 12.1 Å². The third-order valence-electron chi connectivity index (χ3n) is 3.15. The standard InChI is InChI=1S/C10H18N2O2/c1-10(4-2-7-14-8-10)12-6-3-5-11-9(12)13/h2-8H2,1H3,(H,11,13). The molecule has 2 rings (SSSR count). The molecule has 2 aliphatic rings. The smallest absolute Gasteiger partial charge is 0.317 e. The van der Waals surface area contributed by atoms with E-state index < -0.39 is 0 Å². The first kappa shape index (κ1) is 9.77. The fourth-order valence-corrected chi connectivity index (χ4v) is 2.28. The minimum atomic E-state index is -0.0806. The van der Waals surface area contributed by atoms with Gasteiger partial charge in [0.25, 0.3) is 0 Å². The number of ether oxygens (including phenoxy) is 1. The molecule has 0 aromatic heterocycles. The van der Waals surface area contributed by atoms with Crippen LogP contribution in [0.25, 0.3) is 0 Å². The maximum Gasteiger partial charge on any atom is 0.317 e. The predicted molar refractivity (Wildman–Crippen MR) is 53.2 cm³/mol. The molecule has 2 saturated heterocycles. The third kappa shape index (κ3) is 1.71. The molecular weight excluding hydrogens is 180 g/mol. The van der Waals surface area contributed by atoms with Crippen LogP contribution in [0.15, 0.2) is 0 Å². The summed E-state index contributed by atoms with van der Waals surface area (Å²) in [5, 5.41) is 2.89. The van der Waals surface area contributed by atoms with E-state index >= 15 is 0 Å². The number of carbonyl (C=O) groups excluding carboxylic acids is 1. The van der Waals surface area contributed by atoms with Crippen LogP contribution in [0.1, 0.15) is 26.2 Å². The van der Waals surface area contributed by atoms with E-state index in [1.807, 2.05) is 4.90 Å². The van der Waals surface area contributed by atoms with Crippen LogP contribution in [0.2, 0.25) is 0 Å². The Morgan fingerprint density at radius 3 is 3.00 bits per heavy atom. The highest BCUT2D eigenvalue weighted by Crippen LogP contribution is 2.26. The van der Waals surface area contributed by atoms with Crippen LogP contribution in [0, 0.1) is 0 Å². The minimum absolute atomic E-state index is 0.0734. The van der Waals surface area contributed by atoms with Gasteiger partial charge in [-0.3, -0.25) is 0 Å². The number of hydrogen-bond donors (Lipinski definition) is 1. The number of nitrogens with one attached hydrogen (secondary N) is 1. The van der Waals surface area contributed by atoms with Crippen LogP contribution >= 0.6 is 0 Å². The summed E-state index contributed by atoms with van der Waals surface area (Å²) in [5.41, 5.74) is -0.0806. The highest BCUT2D eigenvalue weighted by atomic mass is 16.5. The lowest BCUT2D eigenvalue weighted by Crippen LogP contribution is -2.60. The maximum absolute atomic E-state index is 11.7. The number of carbonyl (C=O) groups is 1. The van der Waals surface area contributed by atoms with Crippen LogP contribution in [-0.4, -0.2) is 42.8 Å².